The highest BCUT2D eigenvalue weighted by molar-refractivity contribution is 7.89. The van der Waals surface area contributed by atoms with Crippen LogP contribution in [0.3, 0.4) is 0 Å². The van der Waals surface area contributed by atoms with Crippen LogP contribution in [0.2, 0.25) is 0 Å². The number of nitrogens with one attached hydrogen (secondary N) is 1. The van der Waals surface area contributed by atoms with Crippen LogP contribution < -0.4 is 17.1 Å². The SMILES string of the molecule is CCCCCCCCS(=O)(=O)NCCC[N+](C)(C)C.[Cl-]. The molecular formula is C14H33ClN2O2S. The van der Waals surface area contributed by atoms with Gasteiger partial charge in [0, 0.05) is 13.0 Å². The third-order valence-corrected chi connectivity index (χ3v) is 4.56. The smallest absolute Gasteiger partial charge is 0.211 e. The molecule has 124 valence electrons. The van der Waals surface area contributed by atoms with Gasteiger partial charge in [0.15, 0.2) is 0 Å². The van der Waals surface area contributed by atoms with E-state index in [1.165, 1.54) is 19.3 Å². The van der Waals surface area contributed by atoms with Gasteiger partial charge in [-0.3, -0.25) is 0 Å². The quantitative estimate of drug-likeness (QED) is 0.383. The van der Waals surface area contributed by atoms with Crippen molar-refractivity contribution in [2.75, 3.05) is 40.0 Å². The molecule has 1 N–H and O–H groups in total. The molecule has 0 aliphatic rings. The summed E-state index contributed by atoms with van der Waals surface area (Å²) in [7, 11) is 3.30. The number of sulfonamides is 1. The first-order chi connectivity index (χ1) is 8.77. The van der Waals surface area contributed by atoms with Crippen LogP contribution in [0.4, 0.5) is 0 Å². The van der Waals surface area contributed by atoms with Gasteiger partial charge in [-0.05, 0) is 6.42 Å². The molecule has 0 heterocycles. The summed E-state index contributed by atoms with van der Waals surface area (Å²) in [6.45, 7) is 3.73. The second-order valence-electron chi connectivity index (χ2n) is 6.35. The molecular weight excluding hydrogens is 296 g/mol. The first-order valence-corrected chi connectivity index (χ1v) is 9.20. The van der Waals surface area contributed by atoms with Gasteiger partial charge in [0.1, 0.15) is 0 Å². The van der Waals surface area contributed by atoms with Crippen molar-refractivity contribution < 1.29 is 25.3 Å². The van der Waals surface area contributed by atoms with Crippen LogP contribution >= 0.6 is 0 Å². The molecule has 0 aromatic carbocycles. The van der Waals surface area contributed by atoms with E-state index < -0.39 is 10.0 Å². The Balaban J connectivity index is 0. The average Bonchev–Trinajstić information content (AvgIpc) is 2.28. The van der Waals surface area contributed by atoms with Crippen LogP contribution in [-0.4, -0.2) is 52.9 Å². The van der Waals surface area contributed by atoms with Crippen molar-refractivity contribution in [3.05, 3.63) is 0 Å². The van der Waals surface area contributed by atoms with E-state index in [0.717, 1.165) is 36.7 Å². The fourth-order valence-electron chi connectivity index (χ4n) is 1.93. The molecule has 0 spiro atoms. The summed E-state index contributed by atoms with van der Waals surface area (Å²) >= 11 is 0. The second kappa shape index (κ2) is 11.8. The van der Waals surface area contributed by atoms with Crippen LogP contribution in [0.15, 0.2) is 0 Å². The van der Waals surface area contributed by atoms with E-state index in [9.17, 15) is 8.42 Å². The van der Waals surface area contributed by atoms with Gasteiger partial charge in [-0.2, -0.15) is 0 Å². The molecule has 0 atom stereocenters. The maximum atomic E-state index is 11.7. The maximum Gasteiger partial charge on any atom is 0.211 e. The van der Waals surface area contributed by atoms with E-state index in [4.69, 9.17) is 0 Å². The molecule has 0 saturated heterocycles. The Morgan fingerprint density at radius 1 is 0.900 bits per heavy atom. The second-order valence-corrected chi connectivity index (χ2v) is 8.27. The molecule has 20 heavy (non-hydrogen) atoms. The number of hydrogen-bond donors (Lipinski definition) is 1. The molecule has 0 amide bonds. The van der Waals surface area contributed by atoms with Crippen molar-refractivity contribution in [3.63, 3.8) is 0 Å². The first-order valence-electron chi connectivity index (χ1n) is 7.54. The molecule has 0 rings (SSSR count). The van der Waals surface area contributed by atoms with Gasteiger partial charge in [-0.25, -0.2) is 13.1 Å². The van der Waals surface area contributed by atoms with E-state index in [-0.39, 0.29) is 18.2 Å². The molecule has 0 unspecified atom stereocenters. The molecule has 0 aromatic rings. The molecule has 0 aliphatic heterocycles. The predicted molar refractivity (Wildman–Crippen MR) is 82.7 cm³/mol. The lowest BCUT2D eigenvalue weighted by Gasteiger charge is -2.23. The lowest BCUT2D eigenvalue weighted by Crippen LogP contribution is -3.00. The summed E-state index contributed by atoms with van der Waals surface area (Å²) in [6.07, 6.45) is 7.58. The fourth-order valence-corrected chi connectivity index (χ4v) is 3.11. The summed E-state index contributed by atoms with van der Waals surface area (Å²) in [4.78, 5) is 0. The zero-order valence-corrected chi connectivity index (χ0v) is 15.2. The van der Waals surface area contributed by atoms with Crippen molar-refractivity contribution in [1.29, 1.82) is 0 Å². The minimum absolute atomic E-state index is 0. The number of hydrogen-bond acceptors (Lipinski definition) is 2. The lowest BCUT2D eigenvalue weighted by atomic mass is 10.1. The molecule has 0 bridgehead atoms. The van der Waals surface area contributed by atoms with Crippen molar-refractivity contribution in [2.45, 2.75) is 51.9 Å². The van der Waals surface area contributed by atoms with Gasteiger partial charge in [0.05, 0.1) is 33.4 Å². The minimum atomic E-state index is -3.05. The van der Waals surface area contributed by atoms with Gasteiger partial charge in [0.2, 0.25) is 10.0 Å². The van der Waals surface area contributed by atoms with Crippen molar-refractivity contribution in [2.24, 2.45) is 0 Å². The van der Waals surface area contributed by atoms with Crippen LogP contribution in [0.5, 0.6) is 0 Å². The maximum absolute atomic E-state index is 11.7. The number of quaternary nitrogens is 1. The molecule has 0 fully saturated rings. The van der Waals surface area contributed by atoms with Gasteiger partial charge in [-0.15, -0.1) is 0 Å². The lowest BCUT2D eigenvalue weighted by molar-refractivity contribution is -0.870. The van der Waals surface area contributed by atoms with Crippen molar-refractivity contribution in [1.82, 2.24) is 4.72 Å². The van der Waals surface area contributed by atoms with Crippen molar-refractivity contribution in [3.8, 4) is 0 Å². The van der Waals surface area contributed by atoms with Gasteiger partial charge < -0.3 is 16.9 Å². The Morgan fingerprint density at radius 3 is 2.00 bits per heavy atom. The van der Waals surface area contributed by atoms with E-state index in [0.29, 0.717) is 6.54 Å². The van der Waals surface area contributed by atoms with Crippen LogP contribution in [-0.2, 0) is 10.0 Å². The number of halogens is 1. The summed E-state index contributed by atoms with van der Waals surface area (Å²) in [6, 6.07) is 0. The van der Waals surface area contributed by atoms with Gasteiger partial charge in [0.25, 0.3) is 0 Å². The summed E-state index contributed by atoms with van der Waals surface area (Å²) in [5.74, 6) is 0.281. The van der Waals surface area contributed by atoms with E-state index in [1.54, 1.807) is 0 Å². The number of nitrogens with zero attached hydrogens (tertiary/aromatic N) is 1. The first kappa shape index (κ1) is 22.4. The molecule has 0 radical (unpaired) electrons. The highest BCUT2D eigenvalue weighted by Gasteiger charge is 2.11. The summed E-state index contributed by atoms with van der Waals surface area (Å²) in [5.41, 5.74) is 0. The highest BCUT2D eigenvalue weighted by atomic mass is 35.5. The Kier molecular flexibility index (Phi) is 13.2. The van der Waals surface area contributed by atoms with Gasteiger partial charge >= 0.3 is 0 Å². The monoisotopic (exact) mass is 328 g/mol. The molecule has 4 nitrogen and oxygen atoms in total. The van der Waals surface area contributed by atoms with Crippen LogP contribution in [0, 0.1) is 0 Å². The Labute approximate surface area is 132 Å². The third kappa shape index (κ3) is 16.2. The number of rotatable bonds is 12. The minimum Gasteiger partial charge on any atom is -1.00 e. The predicted octanol–water partition coefficient (Wildman–Crippen LogP) is -0.633. The summed E-state index contributed by atoms with van der Waals surface area (Å²) < 4.78 is 27.0. The molecule has 0 aliphatic carbocycles. The largest absolute Gasteiger partial charge is 1.00 e. The standard InChI is InChI=1S/C14H33N2O2S.ClH/c1-5-6-7-8-9-10-14-19(17,18)15-12-11-13-16(2,3)4;/h15H,5-14H2,1-4H3;1H/q+1;/p-1. The van der Waals surface area contributed by atoms with E-state index in [1.807, 2.05) is 0 Å². The number of unbranched alkanes of at least 4 members (excludes halogenated alkanes) is 5. The van der Waals surface area contributed by atoms with Crippen molar-refractivity contribution >= 4 is 10.0 Å². The normalized spacial score (nSPS) is 12.2. The van der Waals surface area contributed by atoms with Gasteiger partial charge in [-0.1, -0.05) is 39.0 Å². The Bertz CT molecular complexity index is 314. The topological polar surface area (TPSA) is 46.2 Å². The molecule has 6 heteroatoms. The average molecular weight is 329 g/mol. The van der Waals surface area contributed by atoms with E-state index >= 15 is 0 Å². The zero-order chi connectivity index (χ0) is 14.8. The van der Waals surface area contributed by atoms with Crippen LogP contribution in [0.1, 0.15) is 51.9 Å². The Morgan fingerprint density at radius 2 is 1.45 bits per heavy atom. The third-order valence-electron chi connectivity index (χ3n) is 3.09. The highest BCUT2D eigenvalue weighted by Crippen LogP contribution is 2.06. The zero-order valence-electron chi connectivity index (χ0n) is 13.6. The van der Waals surface area contributed by atoms with E-state index in [2.05, 4.69) is 32.8 Å². The molecule has 0 aromatic heterocycles. The van der Waals surface area contributed by atoms with Crippen LogP contribution in [0.25, 0.3) is 0 Å². The summed E-state index contributed by atoms with van der Waals surface area (Å²) in [5, 5.41) is 0. The molecule has 0 saturated carbocycles. The Hall–Kier alpha value is 0.160. The fraction of sp³-hybridized carbons (Fsp3) is 1.00.